The van der Waals surface area contributed by atoms with E-state index >= 15 is 0 Å². The molecular weight excluding hydrogens is 450 g/mol. The Bertz CT molecular complexity index is 1120. The summed E-state index contributed by atoms with van der Waals surface area (Å²) in [5.74, 6) is -0.672. The minimum Gasteiger partial charge on any atom is -0.350 e. The fourth-order valence-corrected chi connectivity index (χ4v) is 4.51. The van der Waals surface area contributed by atoms with Crippen molar-refractivity contribution in [2.45, 2.75) is 12.8 Å². The van der Waals surface area contributed by atoms with Crippen molar-refractivity contribution in [2.24, 2.45) is 0 Å². The van der Waals surface area contributed by atoms with Gasteiger partial charge in [0.1, 0.15) is 0 Å². The highest BCUT2D eigenvalue weighted by Gasteiger charge is 2.34. The van der Waals surface area contributed by atoms with Crippen LogP contribution < -0.4 is 10.2 Å². The summed E-state index contributed by atoms with van der Waals surface area (Å²) in [5.41, 5.74) is 1.88. The van der Waals surface area contributed by atoms with Gasteiger partial charge in [0.25, 0.3) is 17.1 Å². The summed E-state index contributed by atoms with van der Waals surface area (Å²) < 4.78 is 0. The van der Waals surface area contributed by atoms with Gasteiger partial charge in [0.15, 0.2) is 0 Å². The van der Waals surface area contributed by atoms with Crippen LogP contribution in [0.3, 0.4) is 0 Å². The van der Waals surface area contributed by atoms with Crippen LogP contribution in [0.1, 0.15) is 28.8 Å². The van der Waals surface area contributed by atoms with E-state index in [4.69, 9.17) is 11.6 Å². The molecule has 1 N–H and O–H groups in total. The van der Waals surface area contributed by atoms with E-state index in [1.54, 1.807) is 59.5 Å². The summed E-state index contributed by atoms with van der Waals surface area (Å²) in [5, 5.41) is 2.95. The second kappa shape index (κ2) is 9.58. The molecule has 32 heavy (non-hydrogen) atoms. The Morgan fingerprint density at radius 3 is 2.62 bits per heavy atom. The molecule has 0 radical (unpaired) electrons. The van der Waals surface area contributed by atoms with Crippen molar-refractivity contribution >= 4 is 58.1 Å². The quantitative estimate of drug-likeness (QED) is 0.648. The van der Waals surface area contributed by atoms with E-state index in [-0.39, 0.29) is 30.1 Å². The van der Waals surface area contributed by atoms with Crippen molar-refractivity contribution in [2.75, 3.05) is 24.5 Å². The Hall–Kier alpha value is -3.10. The van der Waals surface area contributed by atoms with Gasteiger partial charge in [0, 0.05) is 42.3 Å². The molecule has 2 aromatic rings. The van der Waals surface area contributed by atoms with Crippen LogP contribution in [0.15, 0.2) is 53.4 Å². The molecule has 2 aliphatic rings. The lowest BCUT2D eigenvalue weighted by molar-refractivity contribution is -0.122. The van der Waals surface area contributed by atoms with E-state index in [0.717, 1.165) is 28.6 Å². The van der Waals surface area contributed by atoms with Crippen LogP contribution in [0.4, 0.5) is 10.5 Å². The molecule has 0 unspecified atom stereocenters. The molecule has 2 fully saturated rings. The molecule has 2 heterocycles. The summed E-state index contributed by atoms with van der Waals surface area (Å²) in [6.07, 6.45) is 2.96. The zero-order valence-electron chi connectivity index (χ0n) is 17.0. The SMILES string of the molecule is O=C(NCCN1C(=O)S/C(=C\c2ccc(Cl)cc2)C1=O)c1cccc(N2CCCC2=O)c1. The smallest absolute Gasteiger partial charge is 0.293 e. The fraction of sp³-hybridized carbons (Fsp3) is 0.217. The number of imide groups is 1. The second-order valence-corrected chi connectivity index (χ2v) is 8.77. The third-order valence-corrected chi connectivity index (χ3v) is 6.32. The van der Waals surface area contributed by atoms with Crippen molar-refractivity contribution in [3.63, 3.8) is 0 Å². The molecule has 4 rings (SSSR count). The largest absolute Gasteiger partial charge is 0.350 e. The zero-order valence-corrected chi connectivity index (χ0v) is 18.6. The van der Waals surface area contributed by atoms with Gasteiger partial charge < -0.3 is 10.2 Å². The predicted octanol–water partition coefficient (Wildman–Crippen LogP) is 3.93. The predicted molar refractivity (Wildman–Crippen MR) is 124 cm³/mol. The minimum atomic E-state index is -0.390. The first kappa shape index (κ1) is 22.1. The lowest BCUT2D eigenvalue weighted by Gasteiger charge is -2.17. The van der Waals surface area contributed by atoms with Crippen LogP contribution in [0, 0.1) is 0 Å². The lowest BCUT2D eigenvalue weighted by atomic mass is 10.1. The van der Waals surface area contributed by atoms with Gasteiger partial charge in [-0.3, -0.25) is 24.1 Å². The number of hydrogen-bond donors (Lipinski definition) is 1. The Morgan fingerprint density at radius 1 is 1.12 bits per heavy atom. The highest BCUT2D eigenvalue weighted by Crippen LogP contribution is 2.32. The molecule has 0 aromatic heterocycles. The minimum absolute atomic E-state index is 0.0496. The number of benzene rings is 2. The number of carbonyl (C=O) groups is 4. The molecule has 0 saturated carbocycles. The van der Waals surface area contributed by atoms with Gasteiger partial charge in [-0.1, -0.05) is 29.8 Å². The van der Waals surface area contributed by atoms with Crippen LogP contribution in [0.5, 0.6) is 0 Å². The highest BCUT2D eigenvalue weighted by molar-refractivity contribution is 8.18. The van der Waals surface area contributed by atoms with Crippen molar-refractivity contribution in [3.8, 4) is 0 Å². The average molecular weight is 470 g/mol. The van der Waals surface area contributed by atoms with Gasteiger partial charge >= 0.3 is 0 Å². The van der Waals surface area contributed by atoms with Crippen LogP contribution >= 0.6 is 23.4 Å². The number of hydrogen-bond acceptors (Lipinski definition) is 5. The van der Waals surface area contributed by atoms with Crippen LogP contribution in [-0.2, 0) is 9.59 Å². The van der Waals surface area contributed by atoms with Crippen molar-refractivity contribution < 1.29 is 19.2 Å². The Kier molecular flexibility index (Phi) is 6.62. The zero-order chi connectivity index (χ0) is 22.7. The van der Waals surface area contributed by atoms with Gasteiger partial charge in [-0.15, -0.1) is 0 Å². The molecular formula is C23H20ClN3O4S. The molecule has 2 aliphatic heterocycles. The summed E-state index contributed by atoms with van der Waals surface area (Å²) in [4.78, 5) is 52.4. The maximum absolute atomic E-state index is 12.6. The van der Waals surface area contributed by atoms with Crippen LogP contribution in [-0.4, -0.2) is 47.5 Å². The molecule has 4 amide bonds. The van der Waals surface area contributed by atoms with Crippen LogP contribution in [0.25, 0.3) is 6.08 Å². The number of nitrogens with zero attached hydrogens (tertiary/aromatic N) is 2. The number of anilines is 1. The first-order valence-electron chi connectivity index (χ1n) is 10.1. The van der Waals surface area contributed by atoms with E-state index in [1.807, 2.05) is 0 Å². The Balaban J connectivity index is 1.34. The fourth-order valence-electron chi connectivity index (χ4n) is 3.52. The van der Waals surface area contributed by atoms with Crippen molar-refractivity contribution in [1.29, 1.82) is 0 Å². The van der Waals surface area contributed by atoms with E-state index in [0.29, 0.717) is 34.1 Å². The molecule has 2 saturated heterocycles. The molecule has 7 nitrogen and oxygen atoms in total. The average Bonchev–Trinajstić information content (AvgIpc) is 3.33. The number of amides is 4. The van der Waals surface area contributed by atoms with E-state index in [9.17, 15) is 19.2 Å². The second-order valence-electron chi connectivity index (χ2n) is 7.34. The van der Waals surface area contributed by atoms with E-state index < -0.39 is 5.91 Å². The number of thioether (sulfide) groups is 1. The molecule has 164 valence electrons. The number of rotatable bonds is 6. The summed E-state index contributed by atoms with van der Waals surface area (Å²) in [7, 11) is 0. The number of nitrogens with one attached hydrogen (secondary N) is 1. The monoisotopic (exact) mass is 469 g/mol. The highest BCUT2D eigenvalue weighted by atomic mass is 35.5. The number of carbonyl (C=O) groups excluding carboxylic acids is 4. The molecule has 0 bridgehead atoms. The first-order valence-corrected chi connectivity index (χ1v) is 11.3. The van der Waals surface area contributed by atoms with Gasteiger partial charge in [-0.2, -0.15) is 0 Å². The lowest BCUT2D eigenvalue weighted by Crippen LogP contribution is -2.37. The normalized spacial score (nSPS) is 17.5. The third kappa shape index (κ3) is 4.87. The summed E-state index contributed by atoms with van der Waals surface area (Å²) in [6.45, 7) is 0.837. The molecule has 0 aliphatic carbocycles. The Labute approximate surface area is 194 Å². The van der Waals surface area contributed by atoms with Gasteiger partial charge in [-0.25, -0.2) is 0 Å². The maximum atomic E-state index is 12.6. The van der Waals surface area contributed by atoms with Gasteiger partial charge in [0.2, 0.25) is 5.91 Å². The Morgan fingerprint density at radius 2 is 1.91 bits per heavy atom. The maximum Gasteiger partial charge on any atom is 0.293 e. The third-order valence-electron chi connectivity index (χ3n) is 5.16. The summed E-state index contributed by atoms with van der Waals surface area (Å²) in [6, 6.07) is 13.8. The van der Waals surface area contributed by atoms with Crippen molar-refractivity contribution in [1.82, 2.24) is 10.2 Å². The van der Waals surface area contributed by atoms with E-state index in [2.05, 4.69) is 5.32 Å². The summed E-state index contributed by atoms with van der Waals surface area (Å²) >= 11 is 6.74. The van der Waals surface area contributed by atoms with E-state index in [1.165, 1.54) is 0 Å². The van der Waals surface area contributed by atoms with Gasteiger partial charge in [-0.05, 0) is 60.2 Å². The molecule has 0 spiro atoms. The van der Waals surface area contributed by atoms with Crippen molar-refractivity contribution in [3.05, 3.63) is 69.6 Å². The van der Waals surface area contributed by atoms with Crippen LogP contribution in [0.2, 0.25) is 5.02 Å². The topological polar surface area (TPSA) is 86.8 Å². The standard InChI is InChI=1S/C23H20ClN3O4S/c24-17-8-6-15(7-9-17)13-19-22(30)27(23(31)32-19)12-10-25-21(29)16-3-1-4-18(14-16)26-11-2-5-20(26)28/h1,3-4,6-9,13-14H,2,5,10-12H2,(H,25,29)/b19-13-. The molecule has 2 aromatic carbocycles. The molecule has 9 heteroatoms. The molecule has 0 atom stereocenters. The first-order chi connectivity index (χ1) is 15.4. The van der Waals surface area contributed by atoms with Gasteiger partial charge in [0.05, 0.1) is 4.91 Å². The number of halogens is 1.